The van der Waals surface area contributed by atoms with Crippen LogP contribution in [0.2, 0.25) is 0 Å². The number of nitrogens with zero attached hydrogens (tertiary/aromatic N) is 2. The number of rotatable bonds is 6. The van der Waals surface area contributed by atoms with E-state index in [9.17, 15) is 13.2 Å². The number of carbonyl (C=O) groups is 1. The Morgan fingerprint density at radius 1 is 1.30 bits per heavy atom. The third-order valence-electron chi connectivity index (χ3n) is 2.45. The van der Waals surface area contributed by atoms with Crippen molar-refractivity contribution < 1.29 is 21.9 Å². The smallest absolute Gasteiger partial charge is 0.324 e. The van der Waals surface area contributed by atoms with Crippen LogP contribution in [0.3, 0.4) is 0 Å². The lowest BCUT2D eigenvalue weighted by Gasteiger charge is -2.06. The Morgan fingerprint density at radius 2 is 2.00 bits per heavy atom. The molecule has 106 valence electrons. The number of hydrogen-bond acceptors (Lipinski definition) is 5. The van der Waals surface area contributed by atoms with Crippen LogP contribution in [-0.4, -0.2) is 28.3 Å². The van der Waals surface area contributed by atoms with Gasteiger partial charge in [-0.3, -0.25) is 13.9 Å². The van der Waals surface area contributed by atoms with Crippen molar-refractivity contribution >= 4 is 16.2 Å². The minimum atomic E-state index is -4.66. The molecule has 0 bridgehead atoms. The van der Waals surface area contributed by atoms with E-state index >= 15 is 0 Å². The SMILES string of the molecule is O=C(Cc1ccccc1)Cn1ccnc1OS(=O)(=O)O. The monoisotopic (exact) mass is 296 g/mol. The molecular formula is C12H12N2O5S. The van der Waals surface area contributed by atoms with E-state index in [0.29, 0.717) is 0 Å². The molecule has 0 atom stereocenters. The summed E-state index contributed by atoms with van der Waals surface area (Å²) in [6.07, 6.45) is 2.88. The largest absolute Gasteiger partial charge is 0.449 e. The van der Waals surface area contributed by atoms with Gasteiger partial charge in [0.2, 0.25) is 0 Å². The van der Waals surface area contributed by atoms with Crippen molar-refractivity contribution in [3.63, 3.8) is 0 Å². The van der Waals surface area contributed by atoms with Gasteiger partial charge < -0.3 is 4.18 Å². The number of Topliss-reactive ketones (excluding diaryl/α,β-unsaturated/α-hetero) is 1. The molecule has 1 aromatic carbocycles. The summed E-state index contributed by atoms with van der Waals surface area (Å²) < 4.78 is 35.3. The number of carbonyl (C=O) groups excluding carboxylic acids is 1. The summed E-state index contributed by atoms with van der Waals surface area (Å²) in [6, 6.07) is 8.79. The third kappa shape index (κ3) is 4.18. The van der Waals surface area contributed by atoms with E-state index in [1.807, 2.05) is 30.3 Å². The van der Waals surface area contributed by atoms with Gasteiger partial charge in [-0.1, -0.05) is 30.3 Å². The highest BCUT2D eigenvalue weighted by Gasteiger charge is 2.14. The van der Waals surface area contributed by atoms with Crippen LogP contribution in [0.25, 0.3) is 0 Å². The average Bonchev–Trinajstić information content (AvgIpc) is 2.75. The van der Waals surface area contributed by atoms with Crippen molar-refractivity contribution in [3.05, 3.63) is 48.3 Å². The number of imidazole rings is 1. The summed E-state index contributed by atoms with van der Waals surface area (Å²) in [5.74, 6) is -0.144. The molecule has 0 saturated carbocycles. The van der Waals surface area contributed by atoms with Crippen molar-refractivity contribution in [1.29, 1.82) is 0 Å². The van der Waals surface area contributed by atoms with Crippen LogP contribution in [0.5, 0.6) is 6.01 Å². The molecule has 2 aromatic rings. The topological polar surface area (TPSA) is 98.5 Å². The summed E-state index contributed by atoms with van der Waals surface area (Å²) in [4.78, 5) is 15.5. The van der Waals surface area contributed by atoms with E-state index in [-0.39, 0.29) is 24.8 Å². The molecule has 0 aliphatic carbocycles. The molecule has 1 heterocycles. The molecule has 0 amide bonds. The van der Waals surface area contributed by atoms with E-state index in [2.05, 4.69) is 9.17 Å². The number of ketones is 1. The summed E-state index contributed by atoms with van der Waals surface area (Å²) in [5.41, 5.74) is 0.856. The first-order valence-electron chi connectivity index (χ1n) is 5.68. The maximum absolute atomic E-state index is 11.9. The van der Waals surface area contributed by atoms with Gasteiger partial charge in [0.25, 0.3) is 0 Å². The van der Waals surface area contributed by atoms with Crippen molar-refractivity contribution in [3.8, 4) is 6.01 Å². The molecule has 2 rings (SSSR count). The lowest BCUT2D eigenvalue weighted by molar-refractivity contribution is -0.119. The Labute approximate surface area is 115 Å². The van der Waals surface area contributed by atoms with E-state index in [4.69, 9.17) is 4.55 Å². The molecule has 0 aliphatic heterocycles. The number of hydrogen-bond donors (Lipinski definition) is 1. The lowest BCUT2D eigenvalue weighted by atomic mass is 10.1. The van der Waals surface area contributed by atoms with Crippen molar-refractivity contribution in [2.24, 2.45) is 0 Å². The van der Waals surface area contributed by atoms with Crippen LogP contribution in [0, 0.1) is 0 Å². The zero-order valence-corrected chi connectivity index (χ0v) is 11.2. The highest BCUT2D eigenvalue weighted by atomic mass is 32.3. The fraction of sp³-hybridized carbons (Fsp3) is 0.167. The van der Waals surface area contributed by atoms with Gasteiger partial charge in [0, 0.05) is 18.8 Å². The van der Waals surface area contributed by atoms with Crippen LogP contribution >= 0.6 is 0 Å². The predicted octanol–water partition coefficient (Wildman–Crippen LogP) is 0.876. The Morgan fingerprint density at radius 3 is 2.65 bits per heavy atom. The number of benzene rings is 1. The summed E-state index contributed by atoms with van der Waals surface area (Å²) in [6.45, 7) is -0.0975. The van der Waals surface area contributed by atoms with Crippen molar-refractivity contribution in [1.82, 2.24) is 9.55 Å². The van der Waals surface area contributed by atoms with Gasteiger partial charge in [-0.25, -0.2) is 4.98 Å². The molecule has 0 unspecified atom stereocenters. The molecular weight excluding hydrogens is 284 g/mol. The Hall–Kier alpha value is -2.19. The zero-order chi connectivity index (χ0) is 14.6. The van der Waals surface area contributed by atoms with Crippen molar-refractivity contribution in [2.45, 2.75) is 13.0 Å². The van der Waals surface area contributed by atoms with Gasteiger partial charge >= 0.3 is 16.4 Å². The summed E-state index contributed by atoms with van der Waals surface area (Å²) >= 11 is 0. The highest BCUT2D eigenvalue weighted by Crippen LogP contribution is 2.10. The minimum Gasteiger partial charge on any atom is -0.324 e. The van der Waals surface area contributed by atoms with Crippen LogP contribution in [0.1, 0.15) is 5.56 Å². The fourth-order valence-corrected chi connectivity index (χ4v) is 2.00. The van der Waals surface area contributed by atoms with Gasteiger partial charge in [-0.2, -0.15) is 8.42 Å². The molecule has 1 aromatic heterocycles. The first-order valence-corrected chi connectivity index (χ1v) is 7.04. The van der Waals surface area contributed by atoms with Gasteiger partial charge in [-0.05, 0) is 5.56 Å². The van der Waals surface area contributed by atoms with E-state index in [1.165, 1.54) is 17.0 Å². The molecule has 0 radical (unpaired) electrons. The van der Waals surface area contributed by atoms with Gasteiger partial charge in [-0.15, -0.1) is 0 Å². The maximum atomic E-state index is 11.9. The predicted molar refractivity (Wildman–Crippen MR) is 69.6 cm³/mol. The molecule has 1 N–H and O–H groups in total. The van der Waals surface area contributed by atoms with Crippen molar-refractivity contribution in [2.75, 3.05) is 0 Å². The first-order chi connectivity index (χ1) is 9.44. The van der Waals surface area contributed by atoms with Crippen LogP contribution in [-0.2, 0) is 28.2 Å². The second kappa shape index (κ2) is 5.85. The first kappa shape index (κ1) is 14.2. The molecule has 8 heteroatoms. The van der Waals surface area contributed by atoms with E-state index < -0.39 is 10.4 Å². The summed E-state index contributed by atoms with van der Waals surface area (Å²) in [7, 11) is -4.66. The normalized spacial score (nSPS) is 11.2. The van der Waals surface area contributed by atoms with E-state index in [1.54, 1.807) is 0 Å². The molecule has 0 saturated heterocycles. The zero-order valence-electron chi connectivity index (χ0n) is 10.3. The van der Waals surface area contributed by atoms with Crippen LogP contribution < -0.4 is 4.18 Å². The lowest BCUT2D eigenvalue weighted by Crippen LogP contribution is -2.16. The second-order valence-corrected chi connectivity index (χ2v) is 5.07. The molecule has 0 spiro atoms. The quantitative estimate of drug-likeness (QED) is 0.794. The number of aromatic nitrogens is 2. The Balaban J connectivity index is 2.04. The highest BCUT2D eigenvalue weighted by molar-refractivity contribution is 7.81. The molecule has 20 heavy (non-hydrogen) atoms. The van der Waals surface area contributed by atoms with Gasteiger partial charge in [0.15, 0.2) is 5.78 Å². The van der Waals surface area contributed by atoms with E-state index in [0.717, 1.165) is 5.56 Å². The van der Waals surface area contributed by atoms with Crippen LogP contribution in [0.15, 0.2) is 42.7 Å². The Bertz CT molecular complexity index is 694. The standard InChI is InChI=1S/C12H12N2O5S/c15-11(8-10-4-2-1-3-5-10)9-14-7-6-13-12(14)19-20(16,17)18/h1-7H,8-9H2,(H,16,17,18). The average molecular weight is 296 g/mol. The molecule has 0 fully saturated rings. The minimum absolute atomic E-state index is 0.0975. The Kier molecular flexibility index (Phi) is 4.16. The van der Waals surface area contributed by atoms with Gasteiger partial charge in [0.05, 0.1) is 6.54 Å². The third-order valence-corrected chi connectivity index (χ3v) is 2.81. The van der Waals surface area contributed by atoms with Gasteiger partial charge in [0.1, 0.15) is 0 Å². The summed E-state index contributed by atoms with van der Waals surface area (Å²) in [5, 5.41) is 0. The van der Waals surface area contributed by atoms with Crippen LogP contribution in [0.4, 0.5) is 0 Å². The maximum Gasteiger partial charge on any atom is 0.449 e. The fourth-order valence-electron chi connectivity index (χ4n) is 1.67. The second-order valence-electron chi connectivity index (χ2n) is 4.05. The molecule has 7 nitrogen and oxygen atoms in total. The molecule has 0 aliphatic rings.